The van der Waals surface area contributed by atoms with Gasteiger partial charge in [-0.3, -0.25) is 4.79 Å². The third-order valence-corrected chi connectivity index (χ3v) is 6.10. The van der Waals surface area contributed by atoms with Gasteiger partial charge < -0.3 is 10.6 Å². The molecule has 0 bridgehead atoms. The van der Waals surface area contributed by atoms with Gasteiger partial charge >= 0.3 is 0 Å². The minimum absolute atomic E-state index is 0.0175. The van der Waals surface area contributed by atoms with Crippen LogP contribution < -0.4 is 10.6 Å². The van der Waals surface area contributed by atoms with Crippen molar-refractivity contribution in [2.24, 2.45) is 5.92 Å². The van der Waals surface area contributed by atoms with Gasteiger partial charge in [-0.2, -0.15) is 0 Å². The summed E-state index contributed by atoms with van der Waals surface area (Å²) in [6.45, 7) is 3.93. The first-order valence-electron chi connectivity index (χ1n) is 10.7. The van der Waals surface area contributed by atoms with Gasteiger partial charge in [-0.15, -0.1) is 0 Å². The SMILES string of the molecule is Cc1cc(NC2CCC(C(=O)N[C@H](C)c3ccccc3F)CC2)nc2ccccc12. The lowest BCUT2D eigenvalue weighted by Gasteiger charge is -2.29. The number of aromatic nitrogens is 1. The van der Waals surface area contributed by atoms with Gasteiger partial charge in [0.25, 0.3) is 0 Å². The third-order valence-electron chi connectivity index (χ3n) is 6.10. The van der Waals surface area contributed by atoms with Gasteiger partial charge in [-0.1, -0.05) is 36.4 Å². The second-order valence-electron chi connectivity index (χ2n) is 8.29. The van der Waals surface area contributed by atoms with Crippen LogP contribution >= 0.6 is 0 Å². The largest absolute Gasteiger partial charge is 0.367 e. The highest BCUT2D eigenvalue weighted by Gasteiger charge is 2.27. The Labute approximate surface area is 176 Å². The average Bonchev–Trinajstić information content (AvgIpc) is 2.74. The van der Waals surface area contributed by atoms with Gasteiger partial charge in [0.2, 0.25) is 5.91 Å². The normalized spacial score (nSPS) is 20.0. The van der Waals surface area contributed by atoms with Crippen molar-refractivity contribution in [3.63, 3.8) is 0 Å². The van der Waals surface area contributed by atoms with Crippen LogP contribution in [0.1, 0.15) is 49.8 Å². The summed E-state index contributed by atoms with van der Waals surface area (Å²) in [5.41, 5.74) is 2.73. The number of pyridine rings is 1. The van der Waals surface area contributed by atoms with Crippen molar-refractivity contribution in [1.29, 1.82) is 0 Å². The Morgan fingerprint density at radius 3 is 2.53 bits per heavy atom. The van der Waals surface area contributed by atoms with E-state index in [0.29, 0.717) is 11.6 Å². The molecule has 0 radical (unpaired) electrons. The summed E-state index contributed by atoms with van der Waals surface area (Å²) >= 11 is 0. The van der Waals surface area contributed by atoms with Crippen LogP contribution in [0.4, 0.5) is 10.2 Å². The first-order valence-corrected chi connectivity index (χ1v) is 10.7. The molecule has 156 valence electrons. The number of para-hydroxylation sites is 1. The highest BCUT2D eigenvalue weighted by atomic mass is 19.1. The smallest absolute Gasteiger partial charge is 0.223 e. The van der Waals surface area contributed by atoms with E-state index in [9.17, 15) is 9.18 Å². The lowest BCUT2D eigenvalue weighted by molar-refractivity contribution is -0.126. The lowest BCUT2D eigenvalue weighted by atomic mass is 9.85. The minimum Gasteiger partial charge on any atom is -0.367 e. The van der Waals surface area contributed by atoms with Crippen LogP contribution in [0.5, 0.6) is 0 Å². The third kappa shape index (κ3) is 4.45. The average molecular weight is 406 g/mol. The van der Waals surface area contributed by atoms with E-state index in [1.165, 1.54) is 17.0 Å². The van der Waals surface area contributed by atoms with E-state index in [2.05, 4.69) is 29.7 Å². The molecule has 30 heavy (non-hydrogen) atoms. The van der Waals surface area contributed by atoms with Gasteiger partial charge in [0.05, 0.1) is 11.6 Å². The standard InChI is InChI=1S/C25H28FN3O/c1-16-15-24(29-23-10-6-4-7-20(16)23)28-19-13-11-18(12-14-19)25(30)27-17(2)21-8-3-5-9-22(21)26/h3-10,15,17-19H,11-14H2,1-2H3,(H,27,30)(H,28,29)/t17-,18?,19?/m1/s1. The number of nitrogens with one attached hydrogen (secondary N) is 2. The summed E-state index contributed by atoms with van der Waals surface area (Å²) in [6, 6.07) is 16.8. The highest BCUT2D eigenvalue weighted by Crippen LogP contribution is 2.28. The van der Waals surface area contributed by atoms with Crippen LogP contribution in [-0.4, -0.2) is 16.9 Å². The van der Waals surface area contributed by atoms with E-state index in [-0.39, 0.29) is 23.7 Å². The van der Waals surface area contributed by atoms with Crippen molar-refractivity contribution in [3.8, 4) is 0 Å². The zero-order valence-electron chi connectivity index (χ0n) is 17.5. The highest BCUT2D eigenvalue weighted by molar-refractivity contribution is 5.83. The number of carbonyl (C=O) groups excluding carboxylic acids is 1. The van der Waals surface area contributed by atoms with E-state index in [4.69, 9.17) is 4.98 Å². The zero-order chi connectivity index (χ0) is 21.1. The molecule has 1 aromatic heterocycles. The van der Waals surface area contributed by atoms with Crippen LogP contribution in [0.3, 0.4) is 0 Å². The molecule has 1 amide bonds. The zero-order valence-corrected chi connectivity index (χ0v) is 17.5. The molecule has 0 spiro atoms. The molecule has 1 aliphatic carbocycles. The van der Waals surface area contributed by atoms with E-state index >= 15 is 0 Å². The number of amides is 1. The number of benzene rings is 2. The Morgan fingerprint density at radius 2 is 1.77 bits per heavy atom. The Balaban J connectivity index is 1.33. The first-order chi connectivity index (χ1) is 14.5. The molecule has 1 fully saturated rings. The molecule has 2 aromatic carbocycles. The van der Waals surface area contributed by atoms with Crippen molar-refractivity contribution in [1.82, 2.24) is 10.3 Å². The monoisotopic (exact) mass is 405 g/mol. The molecule has 4 rings (SSSR count). The predicted octanol–water partition coefficient (Wildman–Crippen LogP) is 5.53. The Kier molecular flexibility index (Phi) is 5.98. The Morgan fingerprint density at radius 1 is 1.07 bits per heavy atom. The summed E-state index contributed by atoms with van der Waals surface area (Å²) in [4.78, 5) is 17.4. The number of nitrogens with zero attached hydrogens (tertiary/aromatic N) is 1. The Hall–Kier alpha value is -2.95. The maximum absolute atomic E-state index is 14.0. The number of rotatable bonds is 5. The molecule has 1 heterocycles. The molecular formula is C25H28FN3O. The van der Waals surface area contributed by atoms with Gasteiger partial charge in [-0.05, 0) is 63.3 Å². The van der Waals surface area contributed by atoms with Crippen molar-refractivity contribution in [3.05, 3.63) is 71.5 Å². The minimum atomic E-state index is -0.334. The number of anilines is 1. The summed E-state index contributed by atoms with van der Waals surface area (Å²) in [7, 11) is 0. The van der Waals surface area contributed by atoms with Gasteiger partial charge in [-0.25, -0.2) is 9.37 Å². The fourth-order valence-corrected chi connectivity index (χ4v) is 4.37. The van der Waals surface area contributed by atoms with Crippen LogP contribution in [0.25, 0.3) is 10.9 Å². The van der Waals surface area contributed by atoms with Crippen LogP contribution in [0, 0.1) is 18.7 Å². The topological polar surface area (TPSA) is 54.0 Å². The maximum Gasteiger partial charge on any atom is 0.223 e. The van der Waals surface area contributed by atoms with E-state index in [1.807, 2.05) is 25.1 Å². The molecule has 1 saturated carbocycles. The molecule has 0 saturated heterocycles. The molecule has 0 unspecified atom stereocenters. The fraction of sp³-hybridized carbons (Fsp3) is 0.360. The van der Waals surface area contributed by atoms with E-state index in [1.54, 1.807) is 18.2 Å². The molecule has 1 atom stereocenters. The number of carbonyl (C=O) groups is 1. The summed E-state index contributed by atoms with van der Waals surface area (Å²) < 4.78 is 14.0. The van der Waals surface area contributed by atoms with Gasteiger partial charge in [0.1, 0.15) is 11.6 Å². The molecule has 3 aromatic rings. The summed E-state index contributed by atoms with van der Waals surface area (Å²) in [5, 5.41) is 7.72. The van der Waals surface area contributed by atoms with Gasteiger partial charge in [0, 0.05) is 22.9 Å². The molecule has 2 N–H and O–H groups in total. The van der Waals surface area contributed by atoms with E-state index in [0.717, 1.165) is 37.0 Å². The van der Waals surface area contributed by atoms with Gasteiger partial charge in [0.15, 0.2) is 0 Å². The van der Waals surface area contributed by atoms with Crippen molar-refractivity contribution in [2.45, 2.75) is 51.6 Å². The molecule has 4 nitrogen and oxygen atoms in total. The van der Waals surface area contributed by atoms with E-state index < -0.39 is 0 Å². The second kappa shape index (κ2) is 8.82. The van der Waals surface area contributed by atoms with Crippen LogP contribution in [-0.2, 0) is 4.79 Å². The van der Waals surface area contributed by atoms with Crippen LogP contribution in [0.15, 0.2) is 54.6 Å². The molecular weight excluding hydrogens is 377 g/mol. The number of halogens is 1. The predicted molar refractivity (Wildman–Crippen MR) is 119 cm³/mol. The van der Waals surface area contributed by atoms with Crippen LogP contribution in [0.2, 0.25) is 0 Å². The fourth-order valence-electron chi connectivity index (χ4n) is 4.37. The molecule has 0 aliphatic heterocycles. The van der Waals surface area contributed by atoms with Crippen molar-refractivity contribution < 1.29 is 9.18 Å². The summed E-state index contributed by atoms with van der Waals surface area (Å²) in [5.74, 6) is 0.608. The maximum atomic E-state index is 14.0. The molecule has 1 aliphatic rings. The molecule has 5 heteroatoms. The number of hydrogen-bond acceptors (Lipinski definition) is 3. The Bertz CT molecular complexity index is 1040. The quantitative estimate of drug-likeness (QED) is 0.587. The first kappa shape index (κ1) is 20.3. The second-order valence-corrected chi connectivity index (χ2v) is 8.29. The number of hydrogen-bond donors (Lipinski definition) is 2. The number of aryl methyl sites for hydroxylation is 1. The van der Waals surface area contributed by atoms with Crippen molar-refractivity contribution in [2.75, 3.05) is 5.32 Å². The lowest BCUT2D eigenvalue weighted by Crippen LogP contribution is -2.37. The summed E-state index contributed by atoms with van der Waals surface area (Å²) in [6.07, 6.45) is 3.47. The number of fused-ring (bicyclic) bond motifs is 1. The van der Waals surface area contributed by atoms with Crippen molar-refractivity contribution >= 4 is 22.6 Å².